The number of thioether (sulfide) groups is 1. The summed E-state index contributed by atoms with van der Waals surface area (Å²) in [5.41, 5.74) is 2.20. The van der Waals surface area contributed by atoms with Crippen molar-refractivity contribution in [2.75, 3.05) is 5.75 Å². The lowest BCUT2D eigenvalue weighted by atomic mass is 9.90. The van der Waals surface area contributed by atoms with E-state index in [1.54, 1.807) is 11.6 Å². The topological polar surface area (TPSA) is 96.5 Å². The van der Waals surface area contributed by atoms with E-state index >= 15 is 0 Å². The smallest absolute Gasteiger partial charge is 0.231 e. The van der Waals surface area contributed by atoms with Crippen molar-refractivity contribution in [3.63, 3.8) is 0 Å². The van der Waals surface area contributed by atoms with Crippen LogP contribution >= 0.6 is 11.8 Å². The van der Waals surface area contributed by atoms with Gasteiger partial charge in [0.15, 0.2) is 0 Å². The van der Waals surface area contributed by atoms with Crippen LogP contribution in [-0.4, -0.2) is 37.4 Å². The first-order valence-electron chi connectivity index (χ1n) is 7.98. The Morgan fingerprint density at radius 2 is 2.16 bits per heavy atom. The number of amides is 1. The molecule has 1 atom stereocenters. The van der Waals surface area contributed by atoms with Crippen molar-refractivity contribution in [1.29, 1.82) is 5.26 Å². The van der Waals surface area contributed by atoms with Crippen molar-refractivity contribution in [2.45, 2.75) is 45.3 Å². The van der Waals surface area contributed by atoms with Gasteiger partial charge in [-0.25, -0.2) is 0 Å². The van der Waals surface area contributed by atoms with Crippen LogP contribution in [0.2, 0.25) is 0 Å². The maximum atomic E-state index is 12.2. The van der Waals surface area contributed by atoms with E-state index < -0.39 is 5.54 Å². The van der Waals surface area contributed by atoms with Crippen LogP contribution in [0.15, 0.2) is 23.4 Å². The molecule has 1 amide bonds. The molecule has 2 rings (SSSR count). The van der Waals surface area contributed by atoms with Crippen molar-refractivity contribution >= 4 is 17.7 Å². The largest absolute Gasteiger partial charge is 0.337 e. The lowest BCUT2D eigenvalue weighted by molar-refractivity contribution is -0.120. The van der Waals surface area contributed by atoms with Gasteiger partial charge in [0.2, 0.25) is 11.1 Å². The van der Waals surface area contributed by atoms with Crippen LogP contribution in [0.4, 0.5) is 0 Å². The Balaban J connectivity index is 2.09. The van der Waals surface area contributed by atoms with Crippen molar-refractivity contribution < 1.29 is 4.79 Å². The molecule has 132 valence electrons. The minimum atomic E-state index is -0.892. The fraction of sp³-hybridized carbons (Fsp3) is 0.471. The molecule has 0 radical (unpaired) electrons. The standard InChI is InChI=1S/C17H22N6OS/c1-11(2)17(5,10-18)19-15(24)9-25-16-20-21-22-23(16)14-7-6-12(3)8-13(14)4/h6-8,11H,9H2,1-5H3,(H,19,24)/t17-/m1/s1. The maximum Gasteiger partial charge on any atom is 0.231 e. The second kappa shape index (κ2) is 7.66. The maximum absolute atomic E-state index is 12.2. The minimum Gasteiger partial charge on any atom is -0.337 e. The molecule has 1 N–H and O–H groups in total. The number of aromatic nitrogens is 4. The van der Waals surface area contributed by atoms with E-state index in [0.29, 0.717) is 5.16 Å². The fourth-order valence-electron chi connectivity index (χ4n) is 2.22. The van der Waals surface area contributed by atoms with E-state index in [2.05, 4.69) is 33.0 Å². The molecule has 0 aliphatic rings. The molecular formula is C17H22N6OS. The lowest BCUT2D eigenvalue weighted by Gasteiger charge is -2.27. The Bertz CT molecular complexity index is 810. The number of benzene rings is 1. The van der Waals surface area contributed by atoms with Gasteiger partial charge >= 0.3 is 0 Å². The molecule has 0 saturated carbocycles. The number of rotatable bonds is 6. The number of hydrogen-bond acceptors (Lipinski definition) is 6. The zero-order valence-electron chi connectivity index (χ0n) is 15.1. The van der Waals surface area contributed by atoms with Gasteiger partial charge in [-0.05, 0) is 48.7 Å². The second-order valence-electron chi connectivity index (χ2n) is 6.47. The summed E-state index contributed by atoms with van der Waals surface area (Å²) in [6, 6.07) is 8.17. The van der Waals surface area contributed by atoms with E-state index in [9.17, 15) is 10.1 Å². The molecule has 0 aliphatic heterocycles. The number of nitrogens with one attached hydrogen (secondary N) is 1. The SMILES string of the molecule is Cc1ccc(-n2nnnc2SCC(=O)N[C@](C)(C#N)C(C)C)c(C)c1. The number of nitriles is 1. The van der Waals surface area contributed by atoms with Gasteiger partial charge in [-0.15, -0.1) is 5.10 Å². The minimum absolute atomic E-state index is 0.00646. The van der Waals surface area contributed by atoms with Gasteiger partial charge in [-0.3, -0.25) is 4.79 Å². The average Bonchev–Trinajstić information content (AvgIpc) is 3.01. The first kappa shape index (κ1) is 18.9. The van der Waals surface area contributed by atoms with Crippen molar-refractivity contribution in [3.8, 4) is 11.8 Å². The fourth-order valence-corrected chi connectivity index (χ4v) is 2.90. The van der Waals surface area contributed by atoms with Gasteiger partial charge in [0, 0.05) is 0 Å². The molecule has 0 bridgehead atoms. The van der Waals surface area contributed by atoms with E-state index in [1.807, 2.05) is 39.8 Å². The molecular weight excluding hydrogens is 336 g/mol. The Morgan fingerprint density at radius 3 is 2.76 bits per heavy atom. The lowest BCUT2D eigenvalue weighted by Crippen LogP contribution is -2.49. The third-order valence-electron chi connectivity index (χ3n) is 4.14. The van der Waals surface area contributed by atoms with E-state index in [-0.39, 0.29) is 17.6 Å². The van der Waals surface area contributed by atoms with Crippen LogP contribution in [-0.2, 0) is 4.79 Å². The second-order valence-corrected chi connectivity index (χ2v) is 7.41. The molecule has 8 heteroatoms. The van der Waals surface area contributed by atoms with E-state index in [0.717, 1.165) is 16.8 Å². The summed E-state index contributed by atoms with van der Waals surface area (Å²) in [7, 11) is 0. The third kappa shape index (κ3) is 4.37. The van der Waals surface area contributed by atoms with Gasteiger partial charge in [-0.2, -0.15) is 9.94 Å². The zero-order valence-corrected chi connectivity index (χ0v) is 15.9. The summed E-state index contributed by atoms with van der Waals surface area (Å²) in [5.74, 6) is -0.0835. The highest BCUT2D eigenvalue weighted by Crippen LogP contribution is 2.22. The van der Waals surface area contributed by atoms with Crippen molar-refractivity contribution in [1.82, 2.24) is 25.5 Å². The quantitative estimate of drug-likeness (QED) is 0.797. The normalized spacial score (nSPS) is 13.3. The molecule has 0 unspecified atom stereocenters. The van der Waals surface area contributed by atoms with E-state index in [4.69, 9.17) is 0 Å². The van der Waals surface area contributed by atoms with Crippen LogP contribution < -0.4 is 5.32 Å². The number of tetrazole rings is 1. The summed E-state index contributed by atoms with van der Waals surface area (Å²) in [6.45, 7) is 9.54. The highest BCUT2D eigenvalue weighted by molar-refractivity contribution is 7.99. The monoisotopic (exact) mass is 358 g/mol. The van der Waals surface area contributed by atoms with Crippen LogP contribution in [0.25, 0.3) is 5.69 Å². The highest BCUT2D eigenvalue weighted by Gasteiger charge is 2.30. The number of nitrogens with zero attached hydrogens (tertiary/aromatic N) is 5. The van der Waals surface area contributed by atoms with Crippen LogP contribution in [0.1, 0.15) is 31.9 Å². The Labute approximate surface area is 151 Å². The number of carbonyl (C=O) groups excluding carboxylic acids is 1. The Morgan fingerprint density at radius 1 is 1.44 bits per heavy atom. The molecule has 7 nitrogen and oxygen atoms in total. The summed E-state index contributed by atoms with van der Waals surface area (Å²) in [5, 5.41) is 24.4. The van der Waals surface area contributed by atoms with Crippen LogP contribution in [0.3, 0.4) is 0 Å². The van der Waals surface area contributed by atoms with Gasteiger partial charge in [0.1, 0.15) is 5.54 Å². The summed E-state index contributed by atoms with van der Waals surface area (Å²) in [4.78, 5) is 12.2. The first-order chi connectivity index (χ1) is 11.8. The highest BCUT2D eigenvalue weighted by atomic mass is 32.2. The molecule has 0 spiro atoms. The van der Waals surface area contributed by atoms with Gasteiger partial charge in [0.25, 0.3) is 0 Å². The molecule has 2 aromatic rings. The molecule has 1 aromatic heterocycles. The van der Waals surface area contributed by atoms with Crippen molar-refractivity contribution in [3.05, 3.63) is 29.3 Å². The number of aryl methyl sites for hydroxylation is 2. The Hall–Kier alpha value is -2.40. The predicted octanol–water partition coefficient (Wildman–Crippen LogP) is 2.43. The molecule has 0 saturated heterocycles. The Kier molecular flexibility index (Phi) is 5.80. The van der Waals surface area contributed by atoms with Crippen molar-refractivity contribution in [2.24, 2.45) is 5.92 Å². The van der Waals surface area contributed by atoms with Crippen LogP contribution in [0, 0.1) is 31.1 Å². The van der Waals surface area contributed by atoms with Gasteiger partial charge in [0.05, 0.1) is 17.5 Å². The number of carbonyl (C=O) groups is 1. The summed E-state index contributed by atoms with van der Waals surface area (Å²) >= 11 is 1.24. The molecule has 1 aromatic carbocycles. The predicted molar refractivity (Wildman–Crippen MR) is 96.4 cm³/mol. The third-order valence-corrected chi connectivity index (χ3v) is 5.06. The van der Waals surface area contributed by atoms with Crippen LogP contribution in [0.5, 0.6) is 0 Å². The molecule has 0 aliphatic carbocycles. The average molecular weight is 358 g/mol. The van der Waals surface area contributed by atoms with Gasteiger partial charge in [-0.1, -0.05) is 43.3 Å². The molecule has 1 heterocycles. The first-order valence-corrected chi connectivity index (χ1v) is 8.96. The molecule has 0 fully saturated rings. The summed E-state index contributed by atoms with van der Waals surface area (Å²) in [6.07, 6.45) is 0. The van der Waals surface area contributed by atoms with Gasteiger partial charge < -0.3 is 5.32 Å². The zero-order chi connectivity index (χ0) is 18.6. The number of hydrogen-bond donors (Lipinski definition) is 1. The van der Waals surface area contributed by atoms with E-state index in [1.165, 1.54) is 11.8 Å². The summed E-state index contributed by atoms with van der Waals surface area (Å²) < 4.78 is 1.62. The molecule has 25 heavy (non-hydrogen) atoms.